The van der Waals surface area contributed by atoms with Crippen molar-refractivity contribution in [3.63, 3.8) is 0 Å². The standard InChI is InChI=1S/C24H24N8O2.C16H20N2O.C9H8N6O3S/c25-22-29-23(30-24-28-21(31-32(22)24)20-4-2-16-34-20)27-14-11-18-5-7-19(8-6-18)33-15-1-3-17-9-12-26-13-10-17;17-10-7-15-3-5-16(6-4-15)19-13-1-2-14-8-11-18-12-9-14;1-19(16,17)9-12-7(10)15-8(13-9)11-6(14-15)5-3-2-4-18-5/h2,4-10,12-13,16H,1,3,11,14-15H2,(H3,25,27,28,29,30,31);3-6,8-9,11-12H,1-2,7,10,13,17H2;2-4H,1H3,(H2,10,11,12,13,14). The number of sulfone groups is 1. The molecule has 0 aliphatic rings. The zero-order valence-electron chi connectivity index (χ0n) is 39.2. The van der Waals surface area contributed by atoms with Gasteiger partial charge in [0.25, 0.3) is 16.7 Å². The lowest BCUT2D eigenvalue weighted by Gasteiger charge is -2.08. The highest BCUT2D eigenvalue weighted by Crippen LogP contribution is 2.20. The van der Waals surface area contributed by atoms with E-state index in [1.54, 1.807) is 30.5 Å². The number of rotatable bonds is 19. The molecule has 0 atom stereocenters. The van der Waals surface area contributed by atoms with Crippen molar-refractivity contribution in [3.05, 3.63) is 157 Å². The number of nitrogens with zero attached hydrogens (tertiary/aromatic N) is 12. The largest absolute Gasteiger partial charge is 0.494 e. The van der Waals surface area contributed by atoms with Crippen molar-refractivity contribution in [2.45, 2.75) is 43.7 Å². The number of aromatic nitrogens is 12. The highest BCUT2D eigenvalue weighted by molar-refractivity contribution is 7.90. The van der Waals surface area contributed by atoms with E-state index in [9.17, 15) is 8.42 Å². The van der Waals surface area contributed by atoms with Crippen LogP contribution in [0.4, 0.5) is 17.8 Å². The minimum Gasteiger partial charge on any atom is -0.494 e. The van der Waals surface area contributed by atoms with E-state index in [0.717, 1.165) is 67.4 Å². The Hall–Kier alpha value is -8.83. The van der Waals surface area contributed by atoms with Crippen LogP contribution in [-0.4, -0.2) is 100 Å². The summed E-state index contributed by atoms with van der Waals surface area (Å²) in [4.78, 5) is 32.6. The quantitative estimate of drug-likeness (QED) is 0.0697. The lowest BCUT2D eigenvalue weighted by molar-refractivity contribution is 0.311. The summed E-state index contributed by atoms with van der Waals surface area (Å²) in [5, 5.41) is 11.1. The van der Waals surface area contributed by atoms with E-state index >= 15 is 0 Å². The molecule has 0 radical (unpaired) electrons. The van der Waals surface area contributed by atoms with E-state index in [-0.39, 0.29) is 23.5 Å². The van der Waals surface area contributed by atoms with Gasteiger partial charge in [-0.15, -0.1) is 10.2 Å². The van der Waals surface area contributed by atoms with Crippen LogP contribution in [0.15, 0.2) is 148 Å². The van der Waals surface area contributed by atoms with Gasteiger partial charge in [-0.2, -0.15) is 38.9 Å². The highest BCUT2D eigenvalue weighted by Gasteiger charge is 2.19. The number of anilines is 3. The summed E-state index contributed by atoms with van der Waals surface area (Å²) in [5.41, 5.74) is 22.2. The molecule has 0 unspecified atom stereocenters. The predicted octanol–water partition coefficient (Wildman–Crippen LogP) is 5.78. The van der Waals surface area contributed by atoms with Gasteiger partial charge in [0.2, 0.25) is 39.3 Å². The third-order valence-electron chi connectivity index (χ3n) is 10.5. The van der Waals surface area contributed by atoms with Crippen LogP contribution < -0.4 is 32.0 Å². The Labute approximate surface area is 413 Å². The van der Waals surface area contributed by atoms with Crippen LogP contribution in [0.2, 0.25) is 0 Å². The average Bonchev–Trinajstić information content (AvgIpc) is 4.25. The molecule has 22 nitrogen and oxygen atoms in total. The summed E-state index contributed by atoms with van der Waals surface area (Å²) < 4.78 is 47.4. The molecular weight excluding hydrogens is 941 g/mol. The molecule has 72 heavy (non-hydrogen) atoms. The van der Waals surface area contributed by atoms with Gasteiger partial charge in [-0.25, -0.2) is 8.42 Å². The normalized spacial score (nSPS) is 11.1. The van der Waals surface area contributed by atoms with Crippen molar-refractivity contribution in [2.24, 2.45) is 5.73 Å². The molecule has 0 bridgehead atoms. The first-order valence-electron chi connectivity index (χ1n) is 22.8. The summed E-state index contributed by atoms with van der Waals surface area (Å²) >= 11 is 0. The zero-order chi connectivity index (χ0) is 50.1. The molecule has 7 N–H and O–H groups in total. The Bertz CT molecular complexity index is 3340. The molecule has 10 rings (SSSR count). The Morgan fingerprint density at radius 2 is 1.04 bits per heavy atom. The van der Waals surface area contributed by atoms with Gasteiger partial charge in [-0.3, -0.25) is 9.97 Å². The van der Waals surface area contributed by atoms with E-state index in [4.69, 9.17) is 35.5 Å². The number of furan rings is 2. The Morgan fingerprint density at radius 3 is 1.51 bits per heavy atom. The van der Waals surface area contributed by atoms with Crippen LogP contribution in [0, 0.1) is 0 Å². The fourth-order valence-corrected chi connectivity index (χ4v) is 7.38. The van der Waals surface area contributed by atoms with Crippen LogP contribution in [-0.2, 0) is 35.5 Å². The van der Waals surface area contributed by atoms with Crippen molar-refractivity contribution >= 4 is 39.2 Å². The Kier molecular flexibility index (Phi) is 16.6. The second-order valence-electron chi connectivity index (χ2n) is 15.9. The minimum atomic E-state index is -3.57. The van der Waals surface area contributed by atoms with Crippen LogP contribution in [0.5, 0.6) is 11.5 Å². The molecule has 8 heterocycles. The van der Waals surface area contributed by atoms with Crippen molar-refractivity contribution in [1.82, 2.24) is 59.1 Å². The van der Waals surface area contributed by atoms with Crippen LogP contribution in [0.1, 0.15) is 35.1 Å². The van der Waals surface area contributed by atoms with Gasteiger partial charge in [0.15, 0.2) is 11.5 Å². The molecule has 8 aromatic heterocycles. The molecule has 10 aromatic rings. The molecule has 370 valence electrons. The van der Waals surface area contributed by atoms with E-state index in [1.807, 2.05) is 73.3 Å². The number of aryl methyl sites for hydroxylation is 2. The van der Waals surface area contributed by atoms with E-state index in [0.29, 0.717) is 48.8 Å². The van der Waals surface area contributed by atoms with Crippen LogP contribution >= 0.6 is 0 Å². The number of nitrogen functional groups attached to an aromatic ring is 2. The second kappa shape index (κ2) is 24.1. The zero-order valence-corrected chi connectivity index (χ0v) is 40.0. The number of pyridine rings is 2. The summed E-state index contributed by atoms with van der Waals surface area (Å²) in [6.07, 6.45) is 17.0. The maximum atomic E-state index is 11.4. The van der Waals surface area contributed by atoms with Gasteiger partial charge in [0, 0.05) is 37.6 Å². The molecule has 0 spiro atoms. The Balaban J connectivity index is 0.000000156. The maximum absolute atomic E-state index is 11.4. The molecule has 0 amide bonds. The molecule has 0 aliphatic heterocycles. The number of nitrogens with one attached hydrogen (secondary N) is 1. The van der Waals surface area contributed by atoms with Crippen molar-refractivity contribution in [1.29, 1.82) is 0 Å². The van der Waals surface area contributed by atoms with Gasteiger partial charge < -0.3 is 40.8 Å². The number of fused-ring (bicyclic) bond motifs is 2. The Morgan fingerprint density at radius 1 is 0.569 bits per heavy atom. The van der Waals surface area contributed by atoms with Crippen LogP contribution in [0.25, 0.3) is 34.7 Å². The average molecular weight is 993 g/mol. The first-order chi connectivity index (χ1) is 35.1. The minimum absolute atomic E-state index is 0.0410. The third-order valence-corrected chi connectivity index (χ3v) is 11.3. The number of hydrogen-bond acceptors (Lipinski definition) is 20. The first kappa shape index (κ1) is 49.6. The third kappa shape index (κ3) is 13.9. The first-order valence-corrected chi connectivity index (χ1v) is 24.7. The monoisotopic (exact) mass is 992 g/mol. The second-order valence-corrected chi connectivity index (χ2v) is 17.8. The molecule has 0 aliphatic carbocycles. The summed E-state index contributed by atoms with van der Waals surface area (Å²) in [6, 6.07) is 31.3. The number of hydrogen-bond donors (Lipinski definition) is 4. The van der Waals surface area contributed by atoms with Gasteiger partial charge in [-0.1, -0.05) is 24.3 Å². The van der Waals surface area contributed by atoms with Gasteiger partial charge in [0.1, 0.15) is 11.5 Å². The fraction of sp³-hybridized carbons (Fsp3) is 0.224. The van der Waals surface area contributed by atoms with Crippen molar-refractivity contribution in [3.8, 4) is 34.7 Å². The molecule has 0 saturated carbocycles. The van der Waals surface area contributed by atoms with E-state index in [2.05, 4.69) is 79.7 Å². The van der Waals surface area contributed by atoms with E-state index < -0.39 is 15.0 Å². The number of nitrogens with two attached hydrogens (primary N) is 3. The number of benzene rings is 2. The molecule has 23 heteroatoms. The van der Waals surface area contributed by atoms with E-state index in [1.165, 1.54) is 33.0 Å². The van der Waals surface area contributed by atoms with Crippen molar-refractivity contribution < 1.29 is 26.7 Å². The van der Waals surface area contributed by atoms with Gasteiger partial charge >= 0.3 is 0 Å². The van der Waals surface area contributed by atoms with Crippen molar-refractivity contribution in [2.75, 3.05) is 49.3 Å². The lowest BCUT2D eigenvalue weighted by atomic mass is 10.1. The summed E-state index contributed by atoms with van der Waals surface area (Å²) in [7, 11) is -3.57. The SMILES string of the molecule is CS(=O)(=O)c1nc(N)n2nc(-c3ccco3)nc2n1.NCCc1ccc(OCCCc2ccncc2)cc1.Nc1nc(NCCc2ccc(OCCCc3ccncc3)cc2)nc2nc(-c3ccco3)nn12. The smallest absolute Gasteiger partial charge is 0.259 e. The lowest BCUT2D eigenvalue weighted by Crippen LogP contribution is -2.12. The predicted molar refractivity (Wildman–Crippen MR) is 268 cm³/mol. The molecule has 0 fully saturated rings. The molecule has 2 aromatic carbocycles. The summed E-state index contributed by atoms with van der Waals surface area (Å²) in [6.45, 7) is 2.74. The summed E-state index contributed by atoms with van der Waals surface area (Å²) in [5.74, 6) is 4.29. The number of ether oxygens (including phenoxy) is 2. The van der Waals surface area contributed by atoms with Crippen LogP contribution in [0.3, 0.4) is 0 Å². The molecule has 0 saturated heterocycles. The van der Waals surface area contributed by atoms with Gasteiger partial charge in [0.05, 0.1) is 25.7 Å². The van der Waals surface area contributed by atoms with Gasteiger partial charge in [-0.05, 0) is 140 Å². The fourth-order valence-electron chi connectivity index (χ4n) is 6.88. The molecular formula is C49H52N16O6S. The topological polar surface area (TPSA) is 307 Å². The highest BCUT2D eigenvalue weighted by atomic mass is 32.2. The maximum Gasteiger partial charge on any atom is 0.259 e.